The maximum absolute atomic E-state index is 13.0. The van der Waals surface area contributed by atoms with E-state index in [9.17, 15) is 13.2 Å². The Bertz CT molecular complexity index is 1360. The number of benzene rings is 2. The van der Waals surface area contributed by atoms with Gasteiger partial charge in [0.25, 0.3) is 0 Å². The van der Waals surface area contributed by atoms with Gasteiger partial charge in [-0.2, -0.15) is 0 Å². The van der Waals surface area contributed by atoms with E-state index in [1.54, 1.807) is 38.3 Å². The highest BCUT2D eigenvalue weighted by atomic mass is 35.5. The number of carbonyl (C=O) groups is 1. The van der Waals surface area contributed by atoms with E-state index in [4.69, 9.17) is 32.1 Å². The number of aliphatic imine (C=N–C) groups is 1. The molecule has 1 amide bonds. The Morgan fingerprint density at radius 1 is 1.18 bits per heavy atom. The number of anilines is 1. The number of amides is 1. The summed E-state index contributed by atoms with van der Waals surface area (Å²) < 4.78 is 28.7. The number of methoxy groups -OCH3 is 1. The van der Waals surface area contributed by atoms with E-state index in [-0.39, 0.29) is 35.5 Å². The molecule has 1 fully saturated rings. The third kappa shape index (κ3) is 6.40. The van der Waals surface area contributed by atoms with Gasteiger partial charge in [0.05, 0.1) is 36.4 Å². The van der Waals surface area contributed by atoms with Gasteiger partial charge in [-0.05, 0) is 37.3 Å². The fourth-order valence-corrected chi connectivity index (χ4v) is 5.91. The molecule has 0 spiro atoms. The standard InChI is InChI=1S/C26H31ClN6O4S/c1-17(28)33-23-8-7-20(37-2)15-21(23)25(18-3-5-19(27)6-4-18)31-22(26(33)29)16-24(34)30-9-10-32-11-13-38(35,36)14-12-32/h3-8,15,22,28-29H,9-14,16H2,1-2H3,(H,30,34)/t22-/m0/s1. The summed E-state index contributed by atoms with van der Waals surface area (Å²) in [7, 11) is -1.40. The van der Waals surface area contributed by atoms with E-state index in [1.807, 2.05) is 23.1 Å². The van der Waals surface area contributed by atoms with Gasteiger partial charge in [-0.3, -0.25) is 30.4 Å². The lowest BCUT2D eigenvalue weighted by Crippen LogP contribution is -2.45. The van der Waals surface area contributed by atoms with Gasteiger partial charge in [0.15, 0.2) is 9.84 Å². The van der Waals surface area contributed by atoms with Crippen LogP contribution in [0.3, 0.4) is 0 Å². The molecular weight excluding hydrogens is 528 g/mol. The highest BCUT2D eigenvalue weighted by molar-refractivity contribution is 7.91. The number of fused-ring (bicyclic) bond motifs is 1. The fraction of sp³-hybridized carbons (Fsp3) is 0.385. The van der Waals surface area contributed by atoms with Gasteiger partial charge in [-0.25, -0.2) is 8.42 Å². The Morgan fingerprint density at radius 2 is 1.87 bits per heavy atom. The average molecular weight is 559 g/mol. The lowest BCUT2D eigenvalue weighted by atomic mass is 9.99. The summed E-state index contributed by atoms with van der Waals surface area (Å²) in [6.45, 7) is 3.40. The Hall–Kier alpha value is -3.28. The number of ether oxygens (including phenoxy) is 1. The SMILES string of the molecule is COc1ccc2c(c1)C(c1ccc(Cl)cc1)=N[C@@H](CC(=O)NCCN1CCS(=O)(=O)CC1)C(=N)N2C(C)=N. The van der Waals surface area contributed by atoms with Crippen LogP contribution in [0.4, 0.5) is 5.69 Å². The predicted octanol–water partition coefficient (Wildman–Crippen LogP) is 2.59. The van der Waals surface area contributed by atoms with Gasteiger partial charge >= 0.3 is 0 Å². The molecule has 4 rings (SSSR count). The second-order valence-corrected chi connectivity index (χ2v) is 12.0. The van der Waals surface area contributed by atoms with E-state index >= 15 is 0 Å². The maximum atomic E-state index is 13.0. The van der Waals surface area contributed by atoms with E-state index in [0.29, 0.717) is 53.9 Å². The van der Waals surface area contributed by atoms with Crippen LogP contribution >= 0.6 is 11.6 Å². The monoisotopic (exact) mass is 558 g/mol. The van der Waals surface area contributed by atoms with Crippen molar-refractivity contribution in [2.75, 3.05) is 49.7 Å². The topological polar surface area (TPSA) is 139 Å². The number of amidine groups is 2. The normalized spacial score (nSPS) is 19.2. The Balaban J connectivity index is 1.59. The summed E-state index contributed by atoms with van der Waals surface area (Å²) in [5.41, 5.74) is 2.59. The average Bonchev–Trinajstić information content (AvgIpc) is 2.99. The van der Waals surface area contributed by atoms with Crippen molar-refractivity contribution in [1.82, 2.24) is 10.2 Å². The largest absolute Gasteiger partial charge is 0.497 e. The molecule has 12 heteroatoms. The van der Waals surface area contributed by atoms with Gasteiger partial charge in [0, 0.05) is 42.3 Å². The zero-order chi connectivity index (χ0) is 27.4. The van der Waals surface area contributed by atoms with Crippen molar-refractivity contribution in [2.24, 2.45) is 4.99 Å². The first kappa shape index (κ1) is 27.7. The Kier molecular flexibility index (Phi) is 8.49. The van der Waals surface area contributed by atoms with Crippen molar-refractivity contribution < 1.29 is 17.9 Å². The maximum Gasteiger partial charge on any atom is 0.222 e. The van der Waals surface area contributed by atoms with Crippen molar-refractivity contribution in [1.29, 1.82) is 10.8 Å². The third-order valence-electron chi connectivity index (χ3n) is 6.56. The molecule has 0 unspecified atom stereocenters. The molecule has 3 N–H and O–H groups in total. The van der Waals surface area contributed by atoms with Crippen LogP contribution in [-0.2, 0) is 14.6 Å². The number of hydrogen-bond donors (Lipinski definition) is 3. The Morgan fingerprint density at radius 3 is 2.50 bits per heavy atom. The molecular formula is C26H31ClN6O4S. The molecule has 0 radical (unpaired) electrons. The number of hydrogen-bond acceptors (Lipinski definition) is 8. The number of carbonyl (C=O) groups excluding carboxylic acids is 1. The third-order valence-corrected chi connectivity index (χ3v) is 8.42. The van der Waals surface area contributed by atoms with Crippen LogP contribution < -0.4 is 15.0 Å². The van der Waals surface area contributed by atoms with Crippen molar-refractivity contribution >= 4 is 50.4 Å². The minimum Gasteiger partial charge on any atom is -0.497 e. The molecule has 2 aromatic rings. The van der Waals surface area contributed by atoms with Gasteiger partial charge in [0.2, 0.25) is 5.91 Å². The molecule has 2 heterocycles. The molecule has 202 valence electrons. The molecule has 1 saturated heterocycles. The first-order valence-electron chi connectivity index (χ1n) is 12.2. The lowest BCUT2D eigenvalue weighted by Gasteiger charge is -2.27. The fourth-order valence-electron chi connectivity index (χ4n) is 4.51. The summed E-state index contributed by atoms with van der Waals surface area (Å²) in [5, 5.41) is 20.8. The van der Waals surface area contributed by atoms with E-state index < -0.39 is 15.9 Å². The molecule has 0 aliphatic carbocycles. The number of rotatable bonds is 7. The van der Waals surface area contributed by atoms with Crippen molar-refractivity contribution in [3.63, 3.8) is 0 Å². The Labute approximate surface area is 227 Å². The van der Waals surface area contributed by atoms with Crippen LogP contribution in [0.2, 0.25) is 5.02 Å². The van der Waals surface area contributed by atoms with Crippen LogP contribution in [-0.4, -0.2) is 87.4 Å². The van der Waals surface area contributed by atoms with Crippen LogP contribution in [0, 0.1) is 10.8 Å². The highest BCUT2D eigenvalue weighted by Gasteiger charge is 2.32. The predicted molar refractivity (Wildman–Crippen MR) is 150 cm³/mol. The van der Waals surface area contributed by atoms with E-state index in [1.165, 1.54) is 4.90 Å². The summed E-state index contributed by atoms with van der Waals surface area (Å²) in [4.78, 5) is 21.3. The number of nitrogens with one attached hydrogen (secondary N) is 3. The van der Waals surface area contributed by atoms with Crippen molar-refractivity contribution in [3.8, 4) is 5.75 Å². The van der Waals surface area contributed by atoms with Crippen LogP contribution in [0.1, 0.15) is 24.5 Å². The summed E-state index contributed by atoms with van der Waals surface area (Å²) in [6, 6.07) is 11.7. The molecule has 1 atom stereocenters. The number of benzodiazepines with no additional fused rings is 1. The van der Waals surface area contributed by atoms with Crippen molar-refractivity contribution in [3.05, 3.63) is 58.6 Å². The summed E-state index contributed by atoms with van der Waals surface area (Å²) in [6.07, 6.45) is -0.0841. The minimum atomic E-state index is -2.96. The smallest absolute Gasteiger partial charge is 0.222 e. The van der Waals surface area contributed by atoms with Crippen LogP contribution in [0.15, 0.2) is 47.5 Å². The molecule has 38 heavy (non-hydrogen) atoms. The number of halogens is 1. The molecule has 2 aliphatic rings. The van der Waals surface area contributed by atoms with Gasteiger partial charge < -0.3 is 10.1 Å². The molecule has 2 aliphatic heterocycles. The first-order chi connectivity index (χ1) is 18.1. The first-order valence-corrected chi connectivity index (χ1v) is 14.4. The summed E-state index contributed by atoms with van der Waals surface area (Å²) >= 11 is 6.12. The second kappa shape index (κ2) is 11.6. The van der Waals surface area contributed by atoms with Gasteiger partial charge in [-0.1, -0.05) is 23.7 Å². The number of nitrogens with zero attached hydrogens (tertiary/aromatic N) is 3. The van der Waals surface area contributed by atoms with Crippen LogP contribution in [0.25, 0.3) is 0 Å². The van der Waals surface area contributed by atoms with Crippen LogP contribution in [0.5, 0.6) is 5.75 Å². The van der Waals surface area contributed by atoms with Crippen molar-refractivity contribution in [2.45, 2.75) is 19.4 Å². The number of sulfone groups is 1. The quantitative estimate of drug-likeness (QED) is 0.352. The highest BCUT2D eigenvalue weighted by Crippen LogP contribution is 2.33. The minimum absolute atomic E-state index is 0.0178. The lowest BCUT2D eigenvalue weighted by molar-refractivity contribution is -0.121. The zero-order valence-electron chi connectivity index (χ0n) is 21.3. The molecule has 2 aromatic carbocycles. The molecule has 0 bridgehead atoms. The summed E-state index contributed by atoms with van der Waals surface area (Å²) in [5.74, 6) is 0.721. The van der Waals surface area contributed by atoms with Gasteiger partial charge in [0.1, 0.15) is 23.5 Å². The zero-order valence-corrected chi connectivity index (χ0v) is 22.9. The molecule has 10 nitrogen and oxygen atoms in total. The molecule has 0 aromatic heterocycles. The van der Waals surface area contributed by atoms with E-state index in [2.05, 4.69) is 5.32 Å². The second-order valence-electron chi connectivity index (χ2n) is 9.24. The van der Waals surface area contributed by atoms with Gasteiger partial charge in [-0.15, -0.1) is 0 Å². The molecule has 0 saturated carbocycles. The van der Waals surface area contributed by atoms with E-state index in [0.717, 1.165) is 5.56 Å².